The van der Waals surface area contributed by atoms with Gasteiger partial charge in [-0.3, -0.25) is 4.55 Å². The minimum Gasteiger partial charge on any atom is -0.505 e. The molecule has 13 nitrogen and oxygen atoms in total. The van der Waals surface area contributed by atoms with Gasteiger partial charge in [-0.05, 0) is 55.6 Å². The predicted octanol–water partition coefficient (Wildman–Crippen LogP) is 6.70. The Kier molecular flexibility index (Phi) is 8.45. The lowest BCUT2D eigenvalue weighted by molar-refractivity contribution is 0.0697. The van der Waals surface area contributed by atoms with Crippen molar-refractivity contribution in [3.8, 4) is 17.2 Å². The normalized spacial score (nSPS) is 11.9. The van der Waals surface area contributed by atoms with Gasteiger partial charge in [0, 0.05) is 23.2 Å². The SMILES string of the molecule is CCOc1cc(/N=N/c2c(S(=O)(=O)O)cc3ccc(N)cc3c2O)c(OCC)cc1/N=N\c1cccc(C(=O)O)c1. The second-order valence-corrected chi connectivity index (χ2v) is 9.83. The number of aromatic hydroxyl groups is 1. The number of hydrogen-bond acceptors (Lipinski definition) is 11. The van der Waals surface area contributed by atoms with Crippen molar-refractivity contribution in [2.75, 3.05) is 18.9 Å². The van der Waals surface area contributed by atoms with Gasteiger partial charge >= 0.3 is 5.97 Å². The van der Waals surface area contributed by atoms with Gasteiger partial charge < -0.3 is 25.4 Å². The van der Waals surface area contributed by atoms with Gasteiger partial charge in [0.2, 0.25) is 0 Å². The molecule has 0 aromatic heterocycles. The third kappa shape index (κ3) is 6.57. The van der Waals surface area contributed by atoms with Crippen LogP contribution in [0.3, 0.4) is 0 Å². The number of hydrogen-bond donors (Lipinski definition) is 4. The minimum atomic E-state index is -4.81. The molecule has 0 spiro atoms. The van der Waals surface area contributed by atoms with Crippen LogP contribution >= 0.6 is 0 Å². The number of nitrogens with zero attached hydrogens (tertiary/aromatic N) is 4. The van der Waals surface area contributed by atoms with E-state index in [1.54, 1.807) is 19.9 Å². The van der Waals surface area contributed by atoms with E-state index in [9.17, 15) is 28.0 Å². The van der Waals surface area contributed by atoms with E-state index in [1.165, 1.54) is 48.5 Å². The molecule has 0 unspecified atom stereocenters. The number of nitrogen functional groups attached to an aromatic ring is 1. The molecule has 0 saturated carbocycles. The summed E-state index contributed by atoms with van der Waals surface area (Å²) in [5, 5.41) is 37.0. The van der Waals surface area contributed by atoms with Crippen molar-refractivity contribution in [2.45, 2.75) is 18.7 Å². The maximum absolute atomic E-state index is 12.1. The Bertz CT molecular complexity index is 1810. The lowest BCUT2D eigenvalue weighted by Gasteiger charge is -2.12. The molecule has 0 atom stereocenters. The number of anilines is 1. The zero-order valence-electron chi connectivity index (χ0n) is 21.8. The summed E-state index contributed by atoms with van der Waals surface area (Å²) in [6, 6.07) is 14.4. The Labute approximate surface area is 234 Å². The largest absolute Gasteiger partial charge is 0.505 e. The number of nitrogens with two attached hydrogens (primary N) is 1. The van der Waals surface area contributed by atoms with Gasteiger partial charge in [-0.1, -0.05) is 12.1 Å². The van der Waals surface area contributed by atoms with Crippen molar-refractivity contribution < 1.29 is 37.5 Å². The lowest BCUT2D eigenvalue weighted by atomic mass is 10.1. The van der Waals surface area contributed by atoms with Crippen LogP contribution in [-0.2, 0) is 10.1 Å². The van der Waals surface area contributed by atoms with Crippen LogP contribution in [0.1, 0.15) is 24.2 Å². The summed E-state index contributed by atoms with van der Waals surface area (Å²) in [6.07, 6.45) is 0. The molecule has 4 aromatic rings. The highest BCUT2D eigenvalue weighted by molar-refractivity contribution is 7.86. The second kappa shape index (κ2) is 12.0. The van der Waals surface area contributed by atoms with Crippen LogP contribution in [0.25, 0.3) is 10.8 Å². The summed E-state index contributed by atoms with van der Waals surface area (Å²) < 4.78 is 45.5. The number of carbonyl (C=O) groups is 1. The Balaban J connectivity index is 1.83. The van der Waals surface area contributed by atoms with Gasteiger partial charge in [-0.15, -0.1) is 15.3 Å². The standard InChI is InChI=1S/C27H25N5O8S/c1-3-39-22-14-21(23(40-4-2)13-20(22)30-29-18-7-5-6-16(10-18)27(34)35)31-32-25-24(41(36,37)38)11-15-8-9-17(28)12-19(15)26(25)33/h5-14,33H,3-4,28H2,1-2H3,(H,34,35)(H,36,37,38)/b30-29-,32-31+. The maximum Gasteiger partial charge on any atom is 0.335 e. The number of ether oxygens (including phenoxy) is 2. The molecule has 0 heterocycles. The number of fused-ring (bicyclic) bond motifs is 1. The van der Waals surface area contributed by atoms with Crippen LogP contribution in [0.5, 0.6) is 17.2 Å². The number of aromatic carboxylic acids is 1. The molecule has 0 saturated heterocycles. The Morgan fingerprint density at radius 2 is 1.51 bits per heavy atom. The van der Waals surface area contributed by atoms with E-state index in [2.05, 4.69) is 20.5 Å². The molecular weight excluding hydrogens is 554 g/mol. The van der Waals surface area contributed by atoms with E-state index >= 15 is 0 Å². The molecule has 0 aliphatic rings. The summed E-state index contributed by atoms with van der Waals surface area (Å²) >= 11 is 0. The molecule has 0 bridgehead atoms. The van der Waals surface area contributed by atoms with Gasteiger partial charge in [0.15, 0.2) is 5.75 Å². The zero-order valence-corrected chi connectivity index (χ0v) is 22.7. The fraction of sp³-hybridized carbons (Fsp3) is 0.148. The Morgan fingerprint density at radius 3 is 2.10 bits per heavy atom. The first-order valence-corrected chi connectivity index (χ1v) is 13.6. The van der Waals surface area contributed by atoms with Crippen molar-refractivity contribution in [1.82, 2.24) is 0 Å². The molecule has 5 N–H and O–H groups in total. The van der Waals surface area contributed by atoms with Crippen LogP contribution in [-0.4, -0.2) is 42.4 Å². The fourth-order valence-corrected chi connectivity index (χ4v) is 4.46. The van der Waals surface area contributed by atoms with E-state index in [1.807, 2.05) is 0 Å². The van der Waals surface area contributed by atoms with Gasteiger partial charge in [0.25, 0.3) is 10.1 Å². The summed E-state index contributed by atoms with van der Waals surface area (Å²) in [7, 11) is -4.81. The van der Waals surface area contributed by atoms with Crippen LogP contribution in [0.4, 0.5) is 28.4 Å². The summed E-state index contributed by atoms with van der Waals surface area (Å²) in [6.45, 7) is 3.92. The Morgan fingerprint density at radius 1 is 0.878 bits per heavy atom. The molecule has 0 amide bonds. The fourth-order valence-electron chi connectivity index (χ4n) is 3.81. The zero-order chi connectivity index (χ0) is 29.7. The quantitative estimate of drug-likeness (QED) is 0.0894. The topological polar surface area (TPSA) is 206 Å². The predicted molar refractivity (Wildman–Crippen MR) is 150 cm³/mol. The molecule has 0 aliphatic heterocycles. The molecule has 0 radical (unpaired) electrons. The summed E-state index contributed by atoms with van der Waals surface area (Å²) in [5.74, 6) is -1.27. The van der Waals surface area contributed by atoms with Crippen molar-refractivity contribution in [3.05, 3.63) is 66.2 Å². The second-order valence-electron chi connectivity index (χ2n) is 8.44. The minimum absolute atomic E-state index is 0.0427. The first kappa shape index (κ1) is 28.9. The number of carboxylic acid groups (broad SMARTS) is 1. The molecular formula is C27H25N5O8S. The average Bonchev–Trinajstić information content (AvgIpc) is 2.92. The van der Waals surface area contributed by atoms with E-state index in [0.717, 1.165) is 6.07 Å². The van der Waals surface area contributed by atoms with E-state index in [-0.39, 0.29) is 47.0 Å². The van der Waals surface area contributed by atoms with E-state index in [0.29, 0.717) is 16.8 Å². The number of rotatable bonds is 10. The number of phenolic OH excluding ortho intramolecular Hbond substituents is 1. The molecule has 41 heavy (non-hydrogen) atoms. The third-order valence-corrected chi connectivity index (χ3v) is 6.49. The maximum atomic E-state index is 12.1. The number of azo groups is 2. The van der Waals surface area contributed by atoms with E-state index < -0.39 is 32.4 Å². The van der Waals surface area contributed by atoms with Gasteiger partial charge in [0.05, 0.1) is 24.5 Å². The van der Waals surface area contributed by atoms with Crippen LogP contribution in [0.15, 0.2) is 86.0 Å². The van der Waals surface area contributed by atoms with Crippen molar-refractivity contribution in [1.29, 1.82) is 0 Å². The number of benzene rings is 4. The molecule has 212 valence electrons. The number of phenols is 1. The monoisotopic (exact) mass is 579 g/mol. The molecule has 4 rings (SSSR count). The first-order valence-electron chi connectivity index (χ1n) is 12.1. The highest BCUT2D eigenvalue weighted by Crippen LogP contribution is 2.45. The van der Waals surface area contributed by atoms with Crippen LogP contribution < -0.4 is 15.2 Å². The first-order chi connectivity index (χ1) is 19.5. The lowest BCUT2D eigenvalue weighted by Crippen LogP contribution is -1.99. The van der Waals surface area contributed by atoms with Crippen LogP contribution in [0, 0.1) is 0 Å². The average molecular weight is 580 g/mol. The molecule has 4 aromatic carbocycles. The Hall–Kier alpha value is -5.08. The van der Waals surface area contributed by atoms with Crippen molar-refractivity contribution in [2.24, 2.45) is 20.5 Å². The molecule has 14 heteroatoms. The van der Waals surface area contributed by atoms with Gasteiger partial charge in [-0.25, -0.2) is 4.79 Å². The summed E-state index contributed by atoms with van der Waals surface area (Å²) in [4.78, 5) is 10.6. The molecule has 0 fully saturated rings. The van der Waals surface area contributed by atoms with Crippen LogP contribution in [0.2, 0.25) is 0 Å². The third-order valence-electron chi connectivity index (χ3n) is 5.62. The van der Waals surface area contributed by atoms with Gasteiger partial charge in [0.1, 0.15) is 33.5 Å². The highest BCUT2D eigenvalue weighted by atomic mass is 32.2. The number of carboxylic acids is 1. The smallest absolute Gasteiger partial charge is 0.335 e. The van der Waals surface area contributed by atoms with Crippen molar-refractivity contribution in [3.63, 3.8) is 0 Å². The van der Waals surface area contributed by atoms with Crippen molar-refractivity contribution >= 4 is 55.3 Å². The van der Waals surface area contributed by atoms with Gasteiger partial charge in [-0.2, -0.15) is 13.5 Å². The summed E-state index contributed by atoms with van der Waals surface area (Å²) in [5.41, 5.74) is 6.29. The molecule has 0 aliphatic carbocycles. The highest BCUT2D eigenvalue weighted by Gasteiger charge is 2.22. The van der Waals surface area contributed by atoms with E-state index in [4.69, 9.17) is 15.2 Å².